The Bertz CT molecular complexity index is 965. The molecule has 3 rings (SSSR count). The lowest BCUT2D eigenvalue weighted by Gasteiger charge is -2.10. The molecule has 3 aromatic rings. The second-order valence-electron chi connectivity index (χ2n) is 5.13. The van der Waals surface area contributed by atoms with Gasteiger partial charge in [0.2, 0.25) is 0 Å². The number of nitrogens with one attached hydrogen (secondary N) is 1. The third-order valence-electron chi connectivity index (χ3n) is 3.57. The van der Waals surface area contributed by atoms with Gasteiger partial charge >= 0.3 is 5.97 Å². The smallest absolute Gasteiger partial charge is 0.355 e. The summed E-state index contributed by atoms with van der Waals surface area (Å²) in [5.74, 6) is 0.0258. The highest BCUT2D eigenvalue weighted by Crippen LogP contribution is 2.24. The SMILES string of the molecule is COc1ccc(Br)cc1COC(=O)c1cc2ccccc2c(=O)[nH]1. The second-order valence-corrected chi connectivity index (χ2v) is 6.05. The summed E-state index contributed by atoms with van der Waals surface area (Å²) in [7, 11) is 1.55. The van der Waals surface area contributed by atoms with E-state index in [0.717, 1.165) is 10.0 Å². The molecule has 0 aliphatic rings. The Balaban J connectivity index is 1.83. The fourth-order valence-corrected chi connectivity index (χ4v) is 2.81. The number of hydrogen-bond acceptors (Lipinski definition) is 4. The highest BCUT2D eigenvalue weighted by molar-refractivity contribution is 9.10. The lowest BCUT2D eigenvalue weighted by Crippen LogP contribution is -2.15. The number of methoxy groups -OCH3 is 1. The van der Waals surface area contributed by atoms with Crippen LogP contribution in [0.4, 0.5) is 0 Å². The van der Waals surface area contributed by atoms with Crippen LogP contribution in [0.25, 0.3) is 10.8 Å². The van der Waals surface area contributed by atoms with Crippen molar-refractivity contribution in [1.82, 2.24) is 4.98 Å². The van der Waals surface area contributed by atoms with Crippen LogP contribution in [0.2, 0.25) is 0 Å². The Labute approximate surface area is 146 Å². The molecular weight excluding hydrogens is 374 g/mol. The van der Waals surface area contributed by atoms with Crippen LogP contribution in [0.15, 0.2) is 57.8 Å². The number of aromatic amines is 1. The molecule has 6 heteroatoms. The van der Waals surface area contributed by atoms with Crippen molar-refractivity contribution in [2.75, 3.05) is 7.11 Å². The van der Waals surface area contributed by atoms with Crippen LogP contribution in [0.1, 0.15) is 16.1 Å². The summed E-state index contributed by atoms with van der Waals surface area (Å²) in [6.45, 7) is 0.0380. The Hall–Kier alpha value is -2.60. The number of halogens is 1. The van der Waals surface area contributed by atoms with Gasteiger partial charge in [-0.1, -0.05) is 34.1 Å². The monoisotopic (exact) mass is 387 g/mol. The fraction of sp³-hybridized carbons (Fsp3) is 0.111. The van der Waals surface area contributed by atoms with E-state index in [2.05, 4.69) is 20.9 Å². The summed E-state index contributed by atoms with van der Waals surface area (Å²) >= 11 is 3.37. The third-order valence-corrected chi connectivity index (χ3v) is 4.07. The minimum absolute atomic E-state index is 0.0380. The first-order chi connectivity index (χ1) is 11.6. The zero-order valence-corrected chi connectivity index (χ0v) is 14.4. The van der Waals surface area contributed by atoms with E-state index in [1.54, 1.807) is 37.4 Å². The molecular formula is C18H14BrNO4. The molecule has 2 aromatic carbocycles. The van der Waals surface area contributed by atoms with E-state index < -0.39 is 5.97 Å². The van der Waals surface area contributed by atoms with Crippen molar-refractivity contribution < 1.29 is 14.3 Å². The Morgan fingerprint density at radius 3 is 2.75 bits per heavy atom. The second kappa shape index (κ2) is 6.88. The molecule has 0 aliphatic heterocycles. The van der Waals surface area contributed by atoms with Gasteiger partial charge in [-0.15, -0.1) is 0 Å². The van der Waals surface area contributed by atoms with Crippen molar-refractivity contribution in [2.24, 2.45) is 0 Å². The average Bonchev–Trinajstić information content (AvgIpc) is 2.59. The minimum Gasteiger partial charge on any atom is -0.496 e. The summed E-state index contributed by atoms with van der Waals surface area (Å²) < 4.78 is 11.4. The molecule has 0 spiro atoms. The highest BCUT2D eigenvalue weighted by atomic mass is 79.9. The number of carbonyl (C=O) groups excluding carboxylic acids is 1. The number of rotatable bonds is 4. The lowest BCUT2D eigenvalue weighted by molar-refractivity contribution is 0.0463. The van der Waals surface area contributed by atoms with Gasteiger partial charge in [0.25, 0.3) is 5.56 Å². The molecule has 0 fully saturated rings. The maximum absolute atomic E-state index is 12.3. The van der Waals surface area contributed by atoms with Gasteiger partial charge in [0.1, 0.15) is 18.1 Å². The predicted molar refractivity (Wildman–Crippen MR) is 94.4 cm³/mol. The number of fused-ring (bicyclic) bond motifs is 1. The van der Waals surface area contributed by atoms with E-state index in [4.69, 9.17) is 9.47 Å². The number of hydrogen-bond donors (Lipinski definition) is 1. The first-order valence-electron chi connectivity index (χ1n) is 7.20. The Morgan fingerprint density at radius 1 is 1.17 bits per heavy atom. The predicted octanol–water partition coefficient (Wildman–Crippen LogP) is 3.66. The average molecular weight is 388 g/mol. The molecule has 1 heterocycles. The van der Waals surface area contributed by atoms with Crippen LogP contribution in [-0.2, 0) is 11.3 Å². The van der Waals surface area contributed by atoms with Crippen LogP contribution in [0.5, 0.6) is 5.75 Å². The van der Waals surface area contributed by atoms with Crippen molar-refractivity contribution >= 4 is 32.7 Å². The maximum atomic E-state index is 12.3. The van der Waals surface area contributed by atoms with E-state index in [-0.39, 0.29) is 17.9 Å². The number of benzene rings is 2. The fourth-order valence-electron chi connectivity index (χ4n) is 2.40. The first kappa shape index (κ1) is 16.3. The van der Waals surface area contributed by atoms with Gasteiger partial charge < -0.3 is 14.5 Å². The van der Waals surface area contributed by atoms with Crippen molar-refractivity contribution in [1.29, 1.82) is 0 Å². The lowest BCUT2D eigenvalue weighted by atomic mass is 10.1. The molecule has 0 saturated heterocycles. The van der Waals surface area contributed by atoms with Crippen LogP contribution in [0.3, 0.4) is 0 Å². The van der Waals surface area contributed by atoms with Gasteiger partial charge in [-0.2, -0.15) is 0 Å². The normalized spacial score (nSPS) is 10.6. The van der Waals surface area contributed by atoms with Gasteiger partial charge in [0, 0.05) is 15.4 Å². The van der Waals surface area contributed by atoms with E-state index in [9.17, 15) is 9.59 Å². The number of esters is 1. The summed E-state index contributed by atoms with van der Waals surface area (Å²) in [6.07, 6.45) is 0. The van der Waals surface area contributed by atoms with Gasteiger partial charge in [-0.25, -0.2) is 4.79 Å². The minimum atomic E-state index is -0.597. The number of aromatic nitrogens is 1. The molecule has 1 aromatic heterocycles. The van der Waals surface area contributed by atoms with E-state index in [1.165, 1.54) is 0 Å². The Kier molecular flexibility index (Phi) is 4.66. The molecule has 5 nitrogen and oxygen atoms in total. The summed E-state index contributed by atoms with van der Waals surface area (Å²) in [5.41, 5.74) is 0.524. The zero-order chi connectivity index (χ0) is 17.1. The number of ether oxygens (including phenoxy) is 2. The van der Waals surface area contributed by atoms with Gasteiger partial charge in [0.15, 0.2) is 0 Å². The van der Waals surface area contributed by atoms with E-state index >= 15 is 0 Å². The van der Waals surface area contributed by atoms with Crippen molar-refractivity contribution in [3.8, 4) is 5.75 Å². The van der Waals surface area contributed by atoms with Gasteiger partial charge in [-0.3, -0.25) is 4.79 Å². The van der Waals surface area contributed by atoms with Crippen LogP contribution in [-0.4, -0.2) is 18.1 Å². The quantitative estimate of drug-likeness (QED) is 0.693. The molecule has 0 amide bonds. The zero-order valence-electron chi connectivity index (χ0n) is 12.8. The number of carbonyl (C=O) groups is 1. The molecule has 122 valence electrons. The first-order valence-corrected chi connectivity index (χ1v) is 7.99. The van der Waals surface area contributed by atoms with Crippen molar-refractivity contribution in [3.05, 3.63) is 74.6 Å². The Morgan fingerprint density at radius 2 is 1.96 bits per heavy atom. The highest BCUT2D eigenvalue weighted by Gasteiger charge is 2.13. The number of H-pyrrole nitrogens is 1. The summed E-state index contributed by atoms with van der Waals surface area (Å²) in [5, 5.41) is 1.22. The van der Waals surface area contributed by atoms with Crippen molar-refractivity contribution in [2.45, 2.75) is 6.61 Å². The molecule has 1 N–H and O–H groups in total. The van der Waals surface area contributed by atoms with Crippen LogP contribution in [0, 0.1) is 0 Å². The molecule has 24 heavy (non-hydrogen) atoms. The number of pyridine rings is 1. The van der Waals surface area contributed by atoms with Gasteiger partial charge in [-0.05, 0) is 35.7 Å². The molecule has 0 radical (unpaired) electrons. The maximum Gasteiger partial charge on any atom is 0.355 e. The van der Waals surface area contributed by atoms with Crippen LogP contribution >= 0.6 is 15.9 Å². The molecule has 0 aliphatic carbocycles. The molecule has 0 unspecified atom stereocenters. The molecule has 0 saturated carbocycles. The van der Waals surface area contributed by atoms with Crippen molar-refractivity contribution in [3.63, 3.8) is 0 Å². The largest absolute Gasteiger partial charge is 0.496 e. The van der Waals surface area contributed by atoms with Crippen LogP contribution < -0.4 is 10.3 Å². The molecule has 0 atom stereocenters. The van der Waals surface area contributed by atoms with E-state index in [1.807, 2.05) is 18.2 Å². The topological polar surface area (TPSA) is 68.4 Å². The standard InChI is InChI=1S/C18H14BrNO4/c1-23-16-7-6-13(19)8-12(16)10-24-18(22)15-9-11-4-2-3-5-14(11)17(21)20-15/h2-9H,10H2,1H3,(H,20,21). The van der Waals surface area contributed by atoms with E-state index in [0.29, 0.717) is 16.5 Å². The molecule has 0 bridgehead atoms. The van der Waals surface area contributed by atoms with Gasteiger partial charge in [0.05, 0.1) is 7.11 Å². The summed E-state index contributed by atoms with van der Waals surface area (Å²) in [4.78, 5) is 26.8. The third kappa shape index (κ3) is 3.33. The summed E-state index contributed by atoms with van der Waals surface area (Å²) in [6, 6.07) is 14.1.